The fourth-order valence-corrected chi connectivity index (χ4v) is 4.90. The molecule has 1 fully saturated rings. The van der Waals surface area contributed by atoms with Crippen LogP contribution >= 0.6 is 0 Å². The Morgan fingerprint density at radius 1 is 1.18 bits per heavy atom. The summed E-state index contributed by atoms with van der Waals surface area (Å²) in [5.41, 5.74) is 2.15. The van der Waals surface area contributed by atoms with E-state index in [9.17, 15) is 14.0 Å². The number of allylic oxidation sites excluding steroid dienone is 1. The molecule has 5 rings (SSSR count). The number of likely N-dealkylation sites (tertiary alicyclic amines) is 1. The Labute approximate surface area is 191 Å². The largest absolute Gasteiger partial charge is 0.337 e. The van der Waals surface area contributed by atoms with Crippen molar-refractivity contribution in [2.24, 2.45) is 5.41 Å². The van der Waals surface area contributed by atoms with Gasteiger partial charge in [0.1, 0.15) is 11.4 Å². The summed E-state index contributed by atoms with van der Waals surface area (Å²) >= 11 is 0. The molecular formula is C25H26FN5O2. The molecule has 2 amide bonds. The van der Waals surface area contributed by atoms with E-state index < -0.39 is 5.41 Å². The summed E-state index contributed by atoms with van der Waals surface area (Å²) in [5, 5.41) is 4.29. The van der Waals surface area contributed by atoms with E-state index in [0.717, 1.165) is 24.0 Å². The first kappa shape index (κ1) is 21.3. The van der Waals surface area contributed by atoms with E-state index in [1.165, 1.54) is 12.1 Å². The highest BCUT2D eigenvalue weighted by Crippen LogP contribution is 2.38. The number of halogens is 1. The van der Waals surface area contributed by atoms with Gasteiger partial charge in [0.15, 0.2) is 5.65 Å². The molecule has 2 aromatic heterocycles. The van der Waals surface area contributed by atoms with Gasteiger partial charge in [0.05, 0.1) is 11.6 Å². The Bertz CT molecular complexity index is 1240. The molecule has 1 saturated heterocycles. The SMILES string of the molecule is Cc1cnc2c(C(=O)N3CCC[C@]4(CC=CCN(Cc5ccc(F)cc5)C4=O)C3)cnn2c1. The molecule has 0 radical (unpaired) electrons. The van der Waals surface area contributed by atoms with Gasteiger partial charge < -0.3 is 9.80 Å². The number of hydrogen-bond acceptors (Lipinski definition) is 4. The molecule has 2 aliphatic heterocycles. The monoisotopic (exact) mass is 447 g/mol. The van der Waals surface area contributed by atoms with E-state index in [4.69, 9.17) is 0 Å². The summed E-state index contributed by atoms with van der Waals surface area (Å²) in [6, 6.07) is 6.24. The van der Waals surface area contributed by atoms with Crippen LogP contribution in [0.5, 0.6) is 0 Å². The molecule has 4 heterocycles. The Kier molecular flexibility index (Phi) is 5.44. The molecule has 0 aliphatic carbocycles. The van der Waals surface area contributed by atoms with Crippen LogP contribution in [-0.2, 0) is 11.3 Å². The van der Waals surface area contributed by atoms with Crippen LogP contribution in [-0.4, -0.2) is 55.8 Å². The third-order valence-electron chi connectivity index (χ3n) is 6.61. The first-order valence-corrected chi connectivity index (χ1v) is 11.2. The van der Waals surface area contributed by atoms with Crippen molar-refractivity contribution in [2.75, 3.05) is 19.6 Å². The van der Waals surface area contributed by atoms with Gasteiger partial charge in [0.2, 0.25) is 5.91 Å². The lowest BCUT2D eigenvalue weighted by Gasteiger charge is -2.42. The minimum absolute atomic E-state index is 0.0444. The summed E-state index contributed by atoms with van der Waals surface area (Å²) in [6.45, 7) is 3.80. The number of rotatable bonds is 3. The molecule has 1 atom stereocenters. The maximum Gasteiger partial charge on any atom is 0.259 e. The van der Waals surface area contributed by atoms with Crippen molar-refractivity contribution in [1.82, 2.24) is 24.4 Å². The number of hydrogen-bond donors (Lipinski definition) is 0. The average Bonchev–Trinajstić information content (AvgIpc) is 3.18. The van der Waals surface area contributed by atoms with Crippen LogP contribution in [0.2, 0.25) is 0 Å². The number of benzene rings is 1. The third-order valence-corrected chi connectivity index (χ3v) is 6.61. The second kappa shape index (κ2) is 8.42. The van der Waals surface area contributed by atoms with Gasteiger partial charge in [-0.1, -0.05) is 24.3 Å². The highest BCUT2D eigenvalue weighted by Gasteiger charge is 2.45. The van der Waals surface area contributed by atoms with Crippen LogP contribution in [0.4, 0.5) is 4.39 Å². The van der Waals surface area contributed by atoms with Crippen molar-refractivity contribution in [3.05, 3.63) is 77.5 Å². The summed E-state index contributed by atoms with van der Waals surface area (Å²) in [4.78, 5) is 35.2. The number of amides is 2. The Morgan fingerprint density at radius 3 is 2.82 bits per heavy atom. The number of aromatic nitrogens is 3. The van der Waals surface area contributed by atoms with Crippen molar-refractivity contribution < 1.29 is 14.0 Å². The van der Waals surface area contributed by atoms with E-state index in [1.54, 1.807) is 33.9 Å². The van der Waals surface area contributed by atoms with Crippen molar-refractivity contribution >= 4 is 17.5 Å². The van der Waals surface area contributed by atoms with E-state index in [2.05, 4.69) is 16.2 Å². The second-order valence-corrected chi connectivity index (χ2v) is 9.06. The van der Waals surface area contributed by atoms with Crippen molar-refractivity contribution in [3.63, 3.8) is 0 Å². The van der Waals surface area contributed by atoms with Gasteiger partial charge in [0.25, 0.3) is 5.91 Å². The fraction of sp³-hybridized carbons (Fsp3) is 0.360. The maximum absolute atomic E-state index is 13.7. The zero-order chi connectivity index (χ0) is 23.0. The van der Waals surface area contributed by atoms with Crippen LogP contribution in [0.25, 0.3) is 5.65 Å². The van der Waals surface area contributed by atoms with Gasteiger partial charge in [0, 0.05) is 38.6 Å². The van der Waals surface area contributed by atoms with Crippen LogP contribution in [0.1, 0.15) is 40.7 Å². The van der Waals surface area contributed by atoms with E-state index >= 15 is 0 Å². The normalized spacial score (nSPS) is 21.1. The predicted octanol–water partition coefficient (Wildman–Crippen LogP) is 3.39. The lowest BCUT2D eigenvalue weighted by atomic mass is 9.76. The minimum Gasteiger partial charge on any atom is -0.337 e. The molecule has 0 saturated carbocycles. The molecule has 0 unspecified atom stereocenters. The molecule has 3 aromatic rings. The van der Waals surface area contributed by atoms with Crippen LogP contribution in [0.15, 0.2) is 55.0 Å². The van der Waals surface area contributed by atoms with Crippen LogP contribution < -0.4 is 0 Å². The van der Waals surface area contributed by atoms with Crippen LogP contribution in [0.3, 0.4) is 0 Å². The Hall–Kier alpha value is -3.55. The molecule has 0 bridgehead atoms. The molecule has 33 heavy (non-hydrogen) atoms. The average molecular weight is 448 g/mol. The van der Waals surface area contributed by atoms with Crippen LogP contribution in [0, 0.1) is 18.2 Å². The zero-order valence-corrected chi connectivity index (χ0v) is 18.6. The van der Waals surface area contributed by atoms with Gasteiger partial charge in [-0.25, -0.2) is 13.9 Å². The number of carbonyl (C=O) groups excluding carboxylic acids is 2. The third kappa shape index (κ3) is 4.01. The minimum atomic E-state index is -0.659. The molecule has 170 valence electrons. The van der Waals surface area contributed by atoms with E-state index in [0.29, 0.717) is 43.8 Å². The first-order chi connectivity index (χ1) is 15.9. The van der Waals surface area contributed by atoms with Gasteiger partial charge in [-0.15, -0.1) is 0 Å². The van der Waals surface area contributed by atoms with Crippen molar-refractivity contribution in [3.8, 4) is 0 Å². The number of nitrogens with zero attached hydrogens (tertiary/aromatic N) is 5. The zero-order valence-electron chi connectivity index (χ0n) is 18.6. The molecule has 8 heteroatoms. The molecule has 0 N–H and O–H groups in total. The van der Waals surface area contributed by atoms with Crippen molar-refractivity contribution in [2.45, 2.75) is 32.7 Å². The van der Waals surface area contributed by atoms with E-state index in [1.807, 2.05) is 24.1 Å². The second-order valence-electron chi connectivity index (χ2n) is 9.06. The quantitative estimate of drug-likeness (QED) is 0.577. The van der Waals surface area contributed by atoms with Gasteiger partial charge in [-0.05, 0) is 49.4 Å². The maximum atomic E-state index is 13.7. The lowest BCUT2D eigenvalue weighted by Crippen LogP contribution is -2.53. The highest BCUT2D eigenvalue weighted by molar-refractivity contribution is 6.00. The molecule has 1 spiro atoms. The molecule has 2 aliphatic rings. The summed E-state index contributed by atoms with van der Waals surface area (Å²) in [6.07, 6.45) is 11.3. The molecular weight excluding hydrogens is 421 g/mol. The first-order valence-electron chi connectivity index (χ1n) is 11.2. The van der Waals surface area contributed by atoms with Crippen molar-refractivity contribution in [1.29, 1.82) is 0 Å². The van der Waals surface area contributed by atoms with Gasteiger partial charge in [-0.2, -0.15) is 5.10 Å². The summed E-state index contributed by atoms with van der Waals surface area (Å²) in [5.74, 6) is -0.398. The predicted molar refractivity (Wildman–Crippen MR) is 121 cm³/mol. The summed E-state index contributed by atoms with van der Waals surface area (Å²) in [7, 11) is 0. The smallest absolute Gasteiger partial charge is 0.259 e. The molecule has 1 aromatic carbocycles. The topological polar surface area (TPSA) is 70.8 Å². The number of carbonyl (C=O) groups is 2. The highest BCUT2D eigenvalue weighted by atomic mass is 19.1. The lowest BCUT2D eigenvalue weighted by molar-refractivity contribution is -0.144. The fourth-order valence-electron chi connectivity index (χ4n) is 4.90. The number of piperidine rings is 1. The Balaban J connectivity index is 1.39. The summed E-state index contributed by atoms with van der Waals surface area (Å²) < 4.78 is 14.9. The van der Waals surface area contributed by atoms with Gasteiger partial charge >= 0.3 is 0 Å². The Morgan fingerprint density at radius 2 is 2.00 bits per heavy atom. The number of fused-ring (bicyclic) bond motifs is 1. The standard InChI is InChI=1S/C25H26FN5O2/c1-18-13-27-22-21(14-28-31(22)15-18)23(32)30-12-4-10-25(17-30)9-2-3-11-29(24(25)33)16-19-5-7-20(26)8-6-19/h2-3,5-8,13-15H,4,9-12,16-17H2,1H3/t25-/m1/s1. The van der Waals surface area contributed by atoms with Gasteiger partial charge in [-0.3, -0.25) is 9.59 Å². The number of aryl methyl sites for hydroxylation is 1. The molecule has 7 nitrogen and oxygen atoms in total. The van der Waals surface area contributed by atoms with E-state index in [-0.39, 0.29) is 17.6 Å².